The van der Waals surface area contributed by atoms with E-state index in [1.54, 1.807) is 6.92 Å². The van der Waals surface area contributed by atoms with Crippen molar-refractivity contribution < 1.29 is 14.7 Å². The molecular weight excluding hydrogens is 242 g/mol. The van der Waals surface area contributed by atoms with Gasteiger partial charge in [0.25, 0.3) is 0 Å². The van der Waals surface area contributed by atoms with Crippen molar-refractivity contribution in [1.82, 2.24) is 0 Å². The normalized spacial score (nSPS) is 12.2. The summed E-state index contributed by atoms with van der Waals surface area (Å²) in [5.41, 5.74) is 1.94. The van der Waals surface area contributed by atoms with Gasteiger partial charge >= 0.3 is 0 Å². The number of aliphatic carboxylic acids is 1. The van der Waals surface area contributed by atoms with E-state index >= 15 is 0 Å². The number of rotatable bonds is 6. The Labute approximate surface area is 113 Å². The van der Waals surface area contributed by atoms with Crippen molar-refractivity contribution in [3.8, 4) is 0 Å². The molecule has 0 spiro atoms. The Morgan fingerprint density at radius 1 is 1.11 bits per heavy atom. The summed E-state index contributed by atoms with van der Waals surface area (Å²) in [5.74, 6) is -1.07. The van der Waals surface area contributed by atoms with Gasteiger partial charge in [-0.1, -0.05) is 32.9 Å². The third kappa shape index (κ3) is 5.55. The van der Waals surface area contributed by atoms with E-state index in [2.05, 4.69) is 19.2 Å². The zero-order valence-electron chi connectivity index (χ0n) is 11.6. The van der Waals surface area contributed by atoms with E-state index in [0.717, 1.165) is 5.69 Å². The number of nitrogens with one attached hydrogen (secondary N) is 1. The molecule has 0 aliphatic heterocycles. The van der Waals surface area contributed by atoms with Crippen LogP contribution in [0.4, 0.5) is 5.69 Å². The van der Waals surface area contributed by atoms with Crippen molar-refractivity contribution in [1.29, 1.82) is 0 Å². The first kappa shape index (κ1) is 15.2. The lowest BCUT2D eigenvalue weighted by Crippen LogP contribution is -2.26. The van der Waals surface area contributed by atoms with Crippen LogP contribution in [0.15, 0.2) is 24.3 Å². The summed E-state index contributed by atoms with van der Waals surface area (Å²) in [6, 6.07) is 7.67. The van der Waals surface area contributed by atoms with E-state index in [4.69, 9.17) is 0 Å². The minimum Gasteiger partial charge on any atom is -0.550 e. The zero-order chi connectivity index (χ0) is 14.4. The van der Waals surface area contributed by atoms with Gasteiger partial charge in [-0.25, -0.2) is 0 Å². The monoisotopic (exact) mass is 262 g/mol. The second-order valence-electron chi connectivity index (χ2n) is 5.21. The number of benzene rings is 1. The Morgan fingerprint density at radius 2 is 1.68 bits per heavy atom. The molecule has 0 bridgehead atoms. The lowest BCUT2D eigenvalue weighted by Gasteiger charge is -2.12. The van der Waals surface area contributed by atoms with Crippen LogP contribution in [0.5, 0.6) is 0 Å². The number of carbonyl (C=O) groups excluding carboxylic acids is 2. The molecule has 0 heterocycles. The van der Waals surface area contributed by atoms with Gasteiger partial charge in [-0.15, -0.1) is 0 Å². The van der Waals surface area contributed by atoms with Crippen molar-refractivity contribution in [3.05, 3.63) is 29.8 Å². The molecule has 19 heavy (non-hydrogen) atoms. The standard InChI is InChI=1S/C15H21NO3/c1-10(2)12-4-6-13(7-5-12)16-14(17)8-11(3)9-15(18)19/h4-7,10-11H,8-9H2,1-3H3,(H,16,17)(H,18,19)/p-1/t11-/m0/s1. The highest BCUT2D eigenvalue weighted by Gasteiger charge is 2.09. The Hall–Kier alpha value is -1.84. The van der Waals surface area contributed by atoms with Gasteiger partial charge in [0.15, 0.2) is 0 Å². The molecule has 1 N–H and O–H groups in total. The molecule has 1 amide bonds. The highest BCUT2D eigenvalue weighted by Crippen LogP contribution is 2.17. The number of anilines is 1. The molecule has 0 unspecified atom stereocenters. The van der Waals surface area contributed by atoms with Gasteiger partial charge in [0.05, 0.1) is 0 Å². The third-order valence-corrected chi connectivity index (χ3v) is 2.91. The van der Waals surface area contributed by atoms with Crippen molar-refractivity contribution in [2.45, 2.75) is 39.5 Å². The molecule has 104 valence electrons. The Bertz CT molecular complexity index is 437. The summed E-state index contributed by atoms with van der Waals surface area (Å²) >= 11 is 0. The summed E-state index contributed by atoms with van der Waals surface area (Å²) in [5, 5.41) is 13.2. The molecule has 1 aromatic carbocycles. The van der Waals surface area contributed by atoms with E-state index in [-0.39, 0.29) is 24.7 Å². The van der Waals surface area contributed by atoms with Gasteiger partial charge in [0, 0.05) is 18.1 Å². The van der Waals surface area contributed by atoms with Gasteiger partial charge in [-0.05, 0) is 36.0 Å². The molecule has 0 fully saturated rings. The van der Waals surface area contributed by atoms with Crippen LogP contribution < -0.4 is 10.4 Å². The molecule has 4 heteroatoms. The van der Waals surface area contributed by atoms with Gasteiger partial charge in [-0.2, -0.15) is 0 Å². The van der Waals surface area contributed by atoms with Crippen molar-refractivity contribution in [2.24, 2.45) is 5.92 Å². The summed E-state index contributed by atoms with van der Waals surface area (Å²) < 4.78 is 0. The first-order valence-corrected chi connectivity index (χ1v) is 6.48. The van der Waals surface area contributed by atoms with Crippen LogP contribution in [0.2, 0.25) is 0 Å². The number of hydrogen-bond donors (Lipinski definition) is 1. The Kier molecular flexibility index (Phi) is 5.55. The van der Waals surface area contributed by atoms with Crippen LogP contribution in [-0.4, -0.2) is 11.9 Å². The van der Waals surface area contributed by atoms with Crippen molar-refractivity contribution in [3.63, 3.8) is 0 Å². The van der Waals surface area contributed by atoms with Crippen LogP contribution in [-0.2, 0) is 9.59 Å². The molecule has 0 saturated heterocycles. The second-order valence-corrected chi connectivity index (χ2v) is 5.21. The molecule has 0 aromatic heterocycles. The minimum atomic E-state index is -1.12. The molecule has 1 aromatic rings. The molecule has 1 atom stereocenters. The number of carboxylic acids is 1. The maximum absolute atomic E-state index is 11.7. The lowest BCUT2D eigenvalue weighted by molar-refractivity contribution is -0.306. The average Bonchev–Trinajstić information content (AvgIpc) is 2.27. The fraction of sp³-hybridized carbons (Fsp3) is 0.467. The summed E-state index contributed by atoms with van der Waals surface area (Å²) in [6.45, 7) is 5.93. The third-order valence-electron chi connectivity index (χ3n) is 2.91. The topological polar surface area (TPSA) is 69.2 Å². The van der Waals surface area contributed by atoms with Crippen LogP contribution in [0.3, 0.4) is 0 Å². The number of carboxylic acid groups (broad SMARTS) is 1. The molecule has 0 radical (unpaired) electrons. The van der Waals surface area contributed by atoms with Gasteiger partial charge in [-0.3, -0.25) is 4.79 Å². The molecular formula is C15H20NO3-. The van der Waals surface area contributed by atoms with Gasteiger partial charge in [0.2, 0.25) is 5.91 Å². The summed E-state index contributed by atoms with van der Waals surface area (Å²) in [4.78, 5) is 22.1. The van der Waals surface area contributed by atoms with E-state index in [9.17, 15) is 14.7 Å². The fourth-order valence-electron chi connectivity index (χ4n) is 1.84. The van der Waals surface area contributed by atoms with Crippen LogP contribution in [0.25, 0.3) is 0 Å². The SMILES string of the molecule is CC(C)c1ccc(NC(=O)C[C@H](C)CC(=O)[O-])cc1. The minimum absolute atomic E-state index is 0.0975. The average molecular weight is 262 g/mol. The predicted molar refractivity (Wildman–Crippen MR) is 72.6 cm³/mol. The first-order chi connectivity index (χ1) is 8.88. The molecule has 0 aliphatic rings. The zero-order valence-corrected chi connectivity index (χ0v) is 11.6. The van der Waals surface area contributed by atoms with E-state index in [1.165, 1.54) is 5.56 Å². The fourth-order valence-corrected chi connectivity index (χ4v) is 1.84. The number of hydrogen-bond acceptors (Lipinski definition) is 3. The van der Waals surface area contributed by atoms with Gasteiger partial charge in [0.1, 0.15) is 0 Å². The van der Waals surface area contributed by atoms with E-state index in [0.29, 0.717) is 5.92 Å². The smallest absolute Gasteiger partial charge is 0.224 e. The highest BCUT2D eigenvalue weighted by atomic mass is 16.4. The summed E-state index contributed by atoms with van der Waals surface area (Å²) in [6.07, 6.45) is 0.0830. The van der Waals surface area contributed by atoms with Gasteiger partial charge < -0.3 is 15.2 Å². The van der Waals surface area contributed by atoms with Crippen molar-refractivity contribution in [2.75, 3.05) is 5.32 Å². The largest absolute Gasteiger partial charge is 0.550 e. The molecule has 4 nitrogen and oxygen atoms in total. The molecule has 0 aliphatic carbocycles. The highest BCUT2D eigenvalue weighted by molar-refractivity contribution is 5.91. The Morgan fingerprint density at radius 3 is 2.16 bits per heavy atom. The first-order valence-electron chi connectivity index (χ1n) is 6.48. The van der Waals surface area contributed by atoms with Crippen LogP contribution >= 0.6 is 0 Å². The van der Waals surface area contributed by atoms with Crippen LogP contribution in [0, 0.1) is 5.92 Å². The predicted octanol–water partition coefficient (Wildman–Crippen LogP) is 1.91. The second kappa shape index (κ2) is 6.92. The Balaban J connectivity index is 2.50. The molecule has 1 rings (SSSR count). The number of amides is 1. The summed E-state index contributed by atoms with van der Waals surface area (Å²) in [7, 11) is 0. The lowest BCUT2D eigenvalue weighted by atomic mass is 10.0. The number of carbonyl (C=O) groups is 2. The van der Waals surface area contributed by atoms with Crippen LogP contribution in [0.1, 0.15) is 45.1 Å². The maximum atomic E-state index is 11.7. The van der Waals surface area contributed by atoms with E-state index < -0.39 is 5.97 Å². The van der Waals surface area contributed by atoms with Crippen molar-refractivity contribution >= 4 is 17.6 Å². The quantitative estimate of drug-likeness (QED) is 0.851. The maximum Gasteiger partial charge on any atom is 0.224 e. The molecule has 0 saturated carbocycles. The van der Waals surface area contributed by atoms with E-state index in [1.807, 2.05) is 24.3 Å².